The number of hydrogen-bond donors (Lipinski definition) is 1. The zero-order valence-corrected chi connectivity index (χ0v) is 11.8. The van der Waals surface area contributed by atoms with Gasteiger partial charge in [0, 0.05) is 11.3 Å². The molecular formula is C16H18N2O2. The lowest BCUT2D eigenvalue weighted by Gasteiger charge is -2.20. The molecule has 0 saturated heterocycles. The van der Waals surface area contributed by atoms with Gasteiger partial charge in [-0.3, -0.25) is 0 Å². The Morgan fingerprint density at radius 1 is 1.40 bits per heavy atom. The number of carboxylic acids is 1. The molecule has 4 heteroatoms. The molecule has 1 aromatic carbocycles. The third-order valence-electron chi connectivity index (χ3n) is 4.06. The maximum Gasteiger partial charge on any atom is 0.356 e. The van der Waals surface area contributed by atoms with Gasteiger partial charge in [-0.2, -0.15) is 5.10 Å². The third-order valence-corrected chi connectivity index (χ3v) is 4.06. The van der Waals surface area contributed by atoms with E-state index in [1.807, 2.05) is 35.9 Å². The van der Waals surface area contributed by atoms with Crippen molar-refractivity contribution in [2.75, 3.05) is 0 Å². The van der Waals surface area contributed by atoms with Gasteiger partial charge < -0.3 is 5.11 Å². The van der Waals surface area contributed by atoms with Crippen LogP contribution >= 0.6 is 0 Å². The van der Waals surface area contributed by atoms with E-state index in [0.29, 0.717) is 5.92 Å². The van der Waals surface area contributed by atoms with Crippen LogP contribution in [0.2, 0.25) is 0 Å². The zero-order valence-electron chi connectivity index (χ0n) is 11.8. The molecule has 3 rings (SSSR count). The molecule has 1 unspecified atom stereocenters. The summed E-state index contributed by atoms with van der Waals surface area (Å²) >= 11 is 0. The number of carboxylic acid groups (broad SMARTS) is 1. The molecule has 0 saturated carbocycles. The third kappa shape index (κ3) is 2.01. The standard InChI is InChI=1S/C16H18N2O2/c1-10-7-8-14-12(9-10)15(16(19)20)17-18(14)13-6-4-3-5-11(13)2/h3-6,10H,7-9H2,1-2H3,(H,19,20). The molecule has 1 aromatic heterocycles. The van der Waals surface area contributed by atoms with Crippen LogP contribution in [0.25, 0.3) is 5.69 Å². The van der Waals surface area contributed by atoms with Gasteiger partial charge in [0.05, 0.1) is 5.69 Å². The van der Waals surface area contributed by atoms with Crippen LogP contribution in [-0.4, -0.2) is 20.9 Å². The SMILES string of the molecule is Cc1ccccc1-n1nc(C(=O)O)c2c1CCC(C)C2. The number of aryl methyl sites for hydroxylation is 1. The van der Waals surface area contributed by atoms with E-state index in [0.717, 1.165) is 41.8 Å². The summed E-state index contributed by atoms with van der Waals surface area (Å²) in [5.74, 6) is -0.405. The van der Waals surface area contributed by atoms with Crippen molar-refractivity contribution in [3.05, 3.63) is 46.8 Å². The number of nitrogens with zero attached hydrogens (tertiary/aromatic N) is 2. The van der Waals surface area contributed by atoms with E-state index in [2.05, 4.69) is 12.0 Å². The van der Waals surface area contributed by atoms with Crippen LogP contribution in [0.1, 0.15) is 40.7 Å². The van der Waals surface area contributed by atoms with Gasteiger partial charge in [-0.15, -0.1) is 0 Å². The first kappa shape index (κ1) is 12.9. The van der Waals surface area contributed by atoms with E-state index < -0.39 is 5.97 Å². The number of aromatic carboxylic acids is 1. The lowest BCUT2D eigenvalue weighted by molar-refractivity contribution is 0.0688. The van der Waals surface area contributed by atoms with E-state index in [9.17, 15) is 9.90 Å². The van der Waals surface area contributed by atoms with Crippen molar-refractivity contribution in [1.29, 1.82) is 0 Å². The van der Waals surface area contributed by atoms with Gasteiger partial charge in [0.15, 0.2) is 5.69 Å². The maximum atomic E-state index is 11.4. The highest BCUT2D eigenvalue weighted by Gasteiger charge is 2.28. The summed E-state index contributed by atoms with van der Waals surface area (Å²) in [6, 6.07) is 7.96. The van der Waals surface area contributed by atoms with Crippen molar-refractivity contribution < 1.29 is 9.90 Å². The van der Waals surface area contributed by atoms with Gasteiger partial charge in [-0.25, -0.2) is 9.48 Å². The quantitative estimate of drug-likeness (QED) is 0.912. The summed E-state index contributed by atoms with van der Waals surface area (Å²) in [5.41, 5.74) is 4.28. The van der Waals surface area contributed by atoms with Crippen LogP contribution in [0.4, 0.5) is 0 Å². The molecule has 1 atom stereocenters. The molecule has 1 aliphatic rings. The van der Waals surface area contributed by atoms with Gasteiger partial charge in [-0.1, -0.05) is 25.1 Å². The highest BCUT2D eigenvalue weighted by atomic mass is 16.4. The molecule has 1 heterocycles. The van der Waals surface area contributed by atoms with E-state index in [1.54, 1.807) is 0 Å². The fourth-order valence-corrected chi connectivity index (χ4v) is 2.96. The van der Waals surface area contributed by atoms with Crippen molar-refractivity contribution in [2.45, 2.75) is 33.1 Å². The second-order valence-corrected chi connectivity index (χ2v) is 5.63. The zero-order chi connectivity index (χ0) is 14.3. The van der Waals surface area contributed by atoms with Crippen molar-refractivity contribution >= 4 is 5.97 Å². The molecule has 1 aliphatic carbocycles. The topological polar surface area (TPSA) is 55.1 Å². The smallest absolute Gasteiger partial charge is 0.356 e. The summed E-state index contributed by atoms with van der Waals surface area (Å²) in [7, 11) is 0. The number of carbonyl (C=O) groups is 1. The lowest BCUT2D eigenvalue weighted by Crippen LogP contribution is -2.15. The second-order valence-electron chi connectivity index (χ2n) is 5.63. The van der Waals surface area contributed by atoms with E-state index in [-0.39, 0.29) is 5.69 Å². The molecule has 0 amide bonds. The number of para-hydroxylation sites is 1. The Bertz CT molecular complexity index is 673. The predicted molar refractivity (Wildman–Crippen MR) is 76.4 cm³/mol. The molecule has 20 heavy (non-hydrogen) atoms. The van der Waals surface area contributed by atoms with Gasteiger partial charge in [0.2, 0.25) is 0 Å². The molecular weight excluding hydrogens is 252 g/mol. The highest BCUT2D eigenvalue weighted by molar-refractivity contribution is 5.87. The molecule has 0 fully saturated rings. The molecule has 0 aliphatic heterocycles. The van der Waals surface area contributed by atoms with Crippen molar-refractivity contribution in [1.82, 2.24) is 9.78 Å². The minimum Gasteiger partial charge on any atom is -0.476 e. The highest BCUT2D eigenvalue weighted by Crippen LogP contribution is 2.30. The molecule has 2 aromatic rings. The Balaban J connectivity index is 2.20. The number of benzene rings is 1. The lowest BCUT2D eigenvalue weighted by atomic mass is 9.87. The fourth-order valence-electron chi connectivity index (χ4n) is 2.96. The molecule has 0 spiro atoms. The Morgan fingerprint density at radius 3 is 2.85 bits per heavy atom. The number of aromatic nitrogens is 2. The van der Waals surface area contributed by atoms with E-state index in [4.69, 9.17) is 0 Å². The van der Waals surface area contributed by atoms with Crippen LogP contribution in [0.5, 0.6) is 0 Å². The Labute approximate surface area is 118 Å². The first-order valence-corrected chi connectivity index (χ1v) is 6.98. The summed E-state index contributed by atoms with van der Waals surface area (Å²) in [6.07, 6.45) is 2.79. The Hall–Kier alpha value is -2.10. The van der Waals surface area contributed by atoms with Crippen LogP contribution in [0.15, 0.2) is 24.3 Å². The van der Waals surface area contributed by atoms with Crippen LogP contribution < -0.4 is 0 Å². The van der Waals surface area contributed by atoms with Crippen molar-refractivity contribution in [3.63, 3.8) is 0 Å². The summed E-state index contributed by atoms with van der Waals surface area (Å²) in [5, 5.41) is 13.8. The number of hydrogen-bond acceptors (Lipinski definition) is 2. The number of fused-ring (bicyclic) bond motifs is 1. The fraction of sp³-hybridized carbons (Fsp3) is 0.375. The summed E-state index contributed by atoms with van der Waals surface area (Å²) < 4.78 is 1.83. The molecule has 0 radical (unpaired) electrons. The van der Waals surface area contributed by atoms with Crippen LogP contribution in [0, 0.1) is 12.8 Å². The normalized spacial score (nSPS) is 17.8. The molecule has 104 valence electrons. The molecule has 4 nitrogen and oxygen atoms in total. The van der Waals surface area contributed by atoms with Crippen molar-refractivity contribution in [2.24, 2.45) is 5.92 Å². The van der Waals surface area contributed by atoms with E-state index >= 15 is 0 Å². The number of rotatable bonds is 2. The minimum absolute atomic E-state index is 0.217. The van der Waals surface area contributed by atoms with Gasteiger partial charge in [0.1, 0.15) is 0 Å². The molecule has 1 N–H and O–H groups in total. The van der Waals surface area contributed by atoms with Gasteiger partial charge >= 0.3 is 5.97 Å². The Kier molecular flexibility index (Phi) is 3.08. The first-order valence-electron chi connectivity index (χ1n) is 6.98. The average Bonchev–Trinajstić information content (AvgIpc) is 2.78. The summed E-state index contributed by atoms with van der Waals surface area (Å²) in [4.78, 5) is 11.4. The monoisotopic (exact) mass is 270 g/mol. The average molecular weight is 270 g/mol. The molecule has 0 bridgehead atoms. The largest absolute Gasteiger partial charge is 0.476 e. The van der Waals surface area contributed by atoms with Gasteiger partial charge in [0.25, 0.3) is 0 Å². The maximum absolute atomic E-state index is 11.4. The van der Waals surface area contributed by atoms with Crippen LogP contribution in [-0.2, 0) is 12.8 Å². The first-order chi connectivity index (χ1) is 9.58. The van der Waals surface area contributed by atoms with Crippen molar-refractivity contribution in [3.8, 4) is 5.69 Å². The second kappa shape index (κ2) is 4.78. The predicted octanol–water partition coefficient (Wildman–Crippen LogP) is 3.00. The Morgan fingerprint density at radius 2 is 2.15 bits per heavy atom. The van der Waals surface area contributed by atoms with E-state index in [1.165, 1.54) is 0 Å². The van der Waals surface area contributed by atoms with Gasteiger partial charge in [-0.05, 0) is 43.7 Å². The van der Waals surface area contributed by atoms with Crippen LogP contribution in [0.3, 0.4) is 0 Å². The summed E-state index contributed by atoms with van der Waals surface area (Å²) in [6.45, 7) is 4.19. The minimum atomic E-state index is -0.928.